The van der Waals surface area contributed by atoms with Crippen LogP contribution >= 0.6 is 11.8 Å². The van der Waals surface area contributed by atoms with E-state index < -0.39 is 0 Å². The molecule has 1 N–H and O–H groups in total. The highest BCUT2D eigenvalue weighted by atomic mass is 32.2. The van der Waals surface area contributed by atoms with Gasteiger partial charge in [0, 0.05) is 0 Å². The van der Waals surface area contributed by atoms with E-state index in [2.05, 4.69) is 10.3 Å². The van der Waals surface area contributed by atoms with Crippen LogP contribution in [0.5, 0.6) is 5.75 Å². The maximum atomic E-state index is 12.9. The lowest BCUT2D eigenvalue weighted by Gasteiger charge is -2.01. The van der Waals surface area contributed by atoms with Gasteiger partial charge in [-0.2, -0.15) is 5.26 Å². The average Bonchev–Trinajstić information content (AvgIpc) is 2.95. The standard InChI is InChI=1S/C18H12FN3O2S/c19-13-3-5-14(6-4-13)21-18-22-17(23)16(25-18)11-12-1-7-15(8-2-12)24-10-9-20/h1-8,11H,10H2,(H,21,22,23)/b16-11+. The van der Waals surface area contributed by atoms with Gasteiger partial charge in [-0.05, 0) is 59.8 Å². The van der Waals surface area contributed by atoms with Gasteiger partial charge >= 0.3 is 0 Å². The highest BCUT2D eigenvalue weighted by molar-refractivity contribution is 8.18. The molecular formula is C18H12FN3O2S. The third-order valence-corrected chi connectivity index (χ3v) is 4.10. The number of aliphatic imine (C=N–C) groups is 1. The van der Waals surface area contributed by atoms with Gasteiger partial charge in [0.2, 0.25) is 0 Å². The Morgan fingerprint density at radius 3 is 2.60 bits per heavy atom. The van der Waals surface area contributed by atoms with Crippen molar-refractivity contribution >= 4 is 34.6 Å². The van der Waals surface area contributed by atoms with Crippen molar-refractivity contribution in [3.63, 3.8) is 0 Å². The predicted molar refractivity (Wildman–Crippen MR) is 94.8 cm³/mol. The molecule has 0 saturated carbocycles. The van der Waals surface area contributed by atoms with E-state index in [-0.39, 0.29) is 18.3 Å². The second-order valence-corrected chi connectivity index (χ2v) is 6.00. The minimum atomic E-state index is -0.338. The number of ether oxygens (including phenoxy) is 1. The van der Waals surface area contributed by atoms with Crippen LogP contribution in [0.25, 0.3) is 6.08 Å². The molecule has 1 aliphatic heterocycles. The number of hydrogen-bond donors (Lipinski definition) is 1. The monoisotopic (exact) mass is 353 g/mol. The van der Waals surface area contributed by atoms with Gasteiger partial charge in [-0.15, -0.1) is 0 Å². The van der Waals surface area contributed by atoms with Crippen molar-refractivity contribution in [1.29, 1.82) is 5.26 Å². The van der Waals surface area contributed by atoms with Gasteiger partial charge in [0.25, 0.3) is 5.91 Å². The van der Waals surface area contributed by atoms with Crippen molar-refractivity contribution < 1.29 is 13.9 Å². The Balaban J connectivity index is 1.72. The van der Waals surface area contributed by atoms with Crippen molar-refractivity contribution in [2.24, 2.45) is 4.99 Å². The molecule has 0 bridgehead atoms. The van der Waals surface area contributed by atoms with Crippen molar-refractivity contribution in [3.05, 3.63) is 64.8 Å². The van der Waals surface area contributed by atoms with Crippen LogP contribution < -0.4 is 10.1 Å². The number of amidine groups is 1. The van der Waals surface area contributed by atoms with Crippen molar-refractivity contribution in [1.82, 2.24) is 5.32 Å². The van der Waals surface area contributed by atoms with Crippen LogP contribution in [0.4, 0.5) is 10.1 Å². The lowest BCUT2D eigenvalue weighted by molar-refractivity contribution is -0.115. The maximum absolute atomic E-state index is 12.9. The number of carbonyl (C=O) groups excluding carboxylic acids is 1. The summed E-state index contributed by atoms with van der Waals surface area (Å²) in [6, 6.07) is 14.7. The largest absolute Gasteiger partial charge is 0.479 e. The fraction of sp³-hybridized carbons (Fsp3) is 0.0556. The van der Waals surface area contributed by atoms with Crippen LogP contribution in [0.3, 0.4) is 0 Å². The summed E-state index contributed by atoms with van der Waals surface area (Å²) < 4.78 is 18.1. The number of nitriles is 1. The SMILES string of the molecule is N#CCOc1ccc(/C=C2/SC(=Nc3ccc(F)cc3)NC2=O)cc1. The summed E-state index contributed by atoms with van der Waals surface area (Å²) >= 11 is 1.21. The van der Waals surface area contributed by atoms with Crippen LogP contribution in [-0.2, 0) is 4.79 Å². The minimum Gasteiger partial charge on any atom is -0.479 e. The quantitative estimate of drug-likeness (QED) is 0.852. The minimum absolute atomic E-state index is 0.0120. The zero-order valence-electron chi connectivity index (χ0n) is 12.9. The predicted octanol–water partition coefficient (Wildman–Crippen LogP) is 3.62. The molecule has 0 aromatic heterocycles. The van der Waals surface area contributed by atoms with E-state index in [1.807, 2.05) is 6.07 Å². The van der Waals surface area contributed by atoms with E-state index in [0.29, 0.717) is 21.5 Å². The molecule has 0 atom stereocenters. The van der Waals surface area contributed by atoms with E-state index in [0.717, 1.165) is 5.56 Å². The number of benzene rings is 2. The van der Waals surface area contributed by atoms with Gasteiger partial charge in [0.1, 0.15) is 17.6 Å². The van der Waals surface area contributed by atoms with Crippen LogP contribution in [0.15, 0.2) is 58.4 Å². The van der Waals surface area contributed by atoms with Crippen molar-refractivity contribution in [2.75, 3.05) is 6.61 Å². The molecule has 1 saturated heterocycles. The molecule has 25 heavy (non-hydrogen) atoms. The van der Waals surface area contributed by atoms with E-state index >= 15 is 0 Å². The summed E-state index contributed by atoms with van der Waals surface area (Å²) in [6.45, 7) is -0.0120. The average molecular weight is 353 g/mol. The highest BCUT2D eigenvalue weighted by Gasteiger charge is 2.23. The van der Waals surface area contributed by atoms with Gasteiger partial charge in [-0.25, -0.2) is 9.38 Å². The molecule has 5 nitrogen and oxygen atoms in total. The number of amides is 1. The van der Waals surface area contributed by atoms with Gasteiger partial charge in [-0.1, -0.05) is 12.1 Å². The van der Waals surface area contributed by atoms with Gasteiger partial charge in [0.15, 0.2) is 11.8 Å². The molecule has 0 radical (unpaired) electrons. The van der Waals surface area contributed by atoms with Crippen LogP contribution in [0, 0.1) is 17.1 Å². The molecular weight excluding hydrogens is 341 g/mol. The molecule has 3 rings (SSSR count). The smallest absolute Gasteiger partial charge is 0.264 e. The maximum Gasteiger partial charge on any atom is 0.264 e. The first-order chi connectivity index (χ1) is 12.1. The highest BCUT2D eigenvalue weighted by Crippen LogP contribution is 2.28. The summed E-state index contributed by atoms with van der Waals surface area (Å²) in [6.07, 6.45) is 1.74. The first kappa shape index (κ1) is 16.7. The fourth-order valence-corrected chi connectivity index (χ4v) is 2.88. The lowest BCUT2D eigenvalue weighted by atomic mass is 10.2. The molecule has 0 aliphatic carbocycles. The number of halogens is 1. The lowest BCUT2D eigenvalue weighted by Crippen LogP contribution is -2.19. The summed E-state index contributed by atoms with van der Waals surface area (Å²) in [5.74, 6) is 0.0105. The van der Waals surface area contributed by atoms with E-state index in [1.165, 1.54) is 36.0 Å². The zero-order chi connectivity index (χ0) is 17.6. The van der Waals surface area contributed by atoms with Crippen molar-refractivity contribution in [3.8, 4) is 11.8 Å². The topological polar surface area (TPSA) is 74.5 Å². The number of rotatable bonds is 4. The summed E-state index contributed by atoms with van der Waals surface area (Å²) in [5.41, 5.74) is 1.38. The van der Waals surface area contributed by atoms with E-state index in [1.54, 1.807) is 30.3 Å². The number of nitrogens with zero attached hydrogens (tertiary/aromatic N) is 2. The van der Waals surface area contributed by atoms with E-state index in [4.69, 9.17) is 10.00 Å². The van der Waals surface area contributed by atoms with E-state index in [9.17, 15) is 9.18 Å². The second kappa shape index (κ2) is 7.64. The van der Waals surface area contributed by atoms with Gasteiger partial charge in [0.05, 0.1) is 10.6 Å². The second-order valence-electron chi connectivity index (χ2n) is 4.97. The molecule has 0 unspecified atom stereocenters. The number of thioether (sulfide) groups is 1. The summed E-state index contributed by atoms with van der Waals surface area (Å²) in [7, 11) is 0. The molecule has 1 amide bonds. The summed E-state index contributed by atoms with van der Waals surface area (Å²) in [5, 5.41) is 11.6. The number of hydrogen-bond acceptors (Lipinski definition) is 5. The Bertz CT molecular complexity index is 884. The van der Waals surface area contributed by atoms with Gasteiger partial charge in [-0.3, -0.25) is 4.79 Å². The molecule has 2 aromatic rings. The molecule has 7 heteroatoms. The summed E-state index contributed by atoms with van der Waals surface area (Å²) in [4.78, 5) is 16.8. The Hall–Kier alpha value is -3.11. The molecule has 1 fully saturated rings. The molecule has 2 aromatic carbocycles. The van der Waals surface area contributed by atoms with Gasteiger partial charge < -0.3 is 10.1 Å². The molecule has 1 aliphatic rings. The number of carbonyl (C=O) groups is 1. The first-order valence-electron chi connectivity index (χ1n) is 7.29. The number of nitrogens with one attached hydrogen (secondary N) is 1. The zero-order valence-corrected chi connectivity index (χ0v) is 13.7. The Labute approximate surface area is 147 Å². The van der Waals surface area contributed by atoms with Crippen LogP contribution in [-0.4, -0.2) is 17.7 Å². The Morgan fingerprint density at radius 2 is 1.92 bits per heavy atom. The normalized spacial score (nSPS) is 16.7. The molecule has 124 valence electrons. The van der Waals surface area contributed by atoms with Crippen LogP contribution in [0.1, 0.15) is 5.56 Å². The Morgan fingerprint density at radius 1 is 1.20 bits per heavy atom. The van der Waals surface area contributed by atoms with Crippen LogP contribution in [0.2, 0.25) is 0 Å². The molecule has 1 heterocycles. The Kier molecular flexibility index (Phi) is 5.11. The molecule has 0 spiro atoms. The third kappa shape index (κ3) is 4.46. The third-order valence-electron chi connectivity index (χ3n) is 3.19. The van der Waals surface area contributed by atoms with Crippen molar-refractivity contribution in [2.45, 2.75) is 0 Å². The fourth-order valence-electron chi connectivity index (χ4n) is 2.04. The first-order valence-corrected chi connectivity index (χ1v) is 8.11.